The minimum absolute atomic E-state index is 0.0200. The number of carbonyl (C=O) groups is 2. The van der Waals surface area contributed by atoms with Gasteiger partial charge in [-0.2, -0.15) is 0 Å². The molecule has 9 heteroatoms. The molecule has 0 aliphatic carbocycles. The summed E-state index contributed by atoms with van der Waals surface area (Å²) in [6.45, 7) is 4.14. The summed E-state index contributed by atoms with van der Waals surface area (Å²) in [6, 6.07) is 20.6. The minimum Gasteiger partial charge on any atom is -0.416 e. The van der Waals surface area contributed by atoms with Crippen molar-refractivity contribution >= 4 is 23.6 Å². The number of thioether (sulfide) groups is 1. The van der Waals surface area contributed by atoms with Crippen LogP contribution in [0.3, 0.4) is 0 Å². The van der Waals surface area contributed by atoms with Gasteiger partial charge in [-0.1, -0.05) is 42.5 Å². The molecule has 2 aromatic carbocycles. The molecule has 1 amide bonds. The van der Waals surface area contributed by atoms with Gasteiger partial charge >= 0.3 is 5.97 Å². The number of amides is 1. The fraction of sp³-hybridized carbons (Fsp3) is 0.200. The monoisotopic (exact) mass is 538 g/mol. The largest absolute Gasteiger partial charge is 0.416 e. The van der Waals surface area contributed by atoms with Crippen LogP contribution in [0.1, 0.15) is 57.4 Å². The first-order valence-corrected chi connectivity index (χ1v) is 13.7. The fourth-order valence-electron chi connectivity index (χ4n) is 5.09. The minimum atomic E-state index is -0.753. The molecule has 2 aromatic heterocycles. The van der Waals surface area contributed by atoms with Crippen LogP contribution < -0.4 is 15.2 Å². The molecular formula is C30H26N4O4S. The third-order valence-corrected chi connectivity index (χ3v) is 8.17. The van der Waals surface area contributed by atoms with Crippen LogP contribution >= 0.6 is 11.8 Å². The SMILES string of the molecule is CC(C)N1CN(C2c3ccccc3CSc3ccccc32)n2ccc(=O)c(OC(=O)c3cccnc3)c2C1=O. The molecule has 6 rings (SSSR count). The Morgan fingerprint density at radius 3 is 2.54 bits per heavy atom. The van der Waals surface area contributed by atoms with Crippen molar-refractivity contribution in [1.29, 1.82) is 0 Å². The van der Waals surface area contributed by atoms with Gasteiger partial charge in [0, 0.05) is 41.3 Å². The lowest BCUT2D eigenvalue weighted by Crippen LogP contribution is -2.57. The summed E-state index contributed by atoms with van der Waals surface area (Å²) >= 11 is 1.78. The van der Waals surface area contributed by atoms with Crippen LogP contribution in [0.5, 0.6) is 5.75 Å². The van der Waals surface area contributed by atoms with Gasteiger partial charge in [0.05, 0.1) is 11.6 Å². The zero-order chi connectivity index (χ0) is 27.1. The van der Waals surface area contributed by atoms with Crippen LogP contribution in [0, 0.1) is 0 Å². The molecule has 196 valence electrons. The molecule has 0 saturated heterocycles. The zero-order valence-corrected chi connectivity index (χ0v) is 22.3. The molecule has 1 unspecified atom stereocenters. The average molecular weight is 539 g/mol. The van der Waals surface area contributed by atoms with E-state index in [4.69, 9.17) is 4.74 Å². The van der Waals surface area contributed by atoms with E-state index in [9.17, 15) is 14.4 Å². The van der Waals surface area contributed by atoms with Gasteiger partial charge in [0.2, 0.25) is 11.2 Å². The van der Waals surface area contributed by atoms with Crippen molar-refractivity contribution < 1.29 is 14.3 Å². The highest BCUT2D eigenvalue weighted by molar-refractivity contribution is 7.98. The van der Waals surface area contributed by atoms with Crippen molar-refractivity contribution in [3.05, 3.63) is 123 Å². The van der Waals surface area contributed by atoms with E-state index in [0.29, 0.717) is 0 Å². The Labute approximate surface area is 229 Å². The van der Waals surface area contributed by atoms with E-state index < -0.39 is 11.4 Å². The predicted molar refractivity (Wildman–Crippen MR) is 149 cm³/mol. The van der Waals surface area contributed by atoms with Crippen molar-refractivity contribution in [2.75, 3.05) is 11.7 Å². The number of rotatable bonds is 4. The molecule has 0 saturated carbocycles. The third kappa shape index (κ3) is 4.38. The van der Waals surface area contributed by atoms with Crippen LogP contribution in [-0.4, -0.2) is 39.1 Å². The fourth-order valence-corrected chi connectivity index (χ4v) is 6.19. The normalized spacial score (nSPS) is 16.3. The van der Waals surface area contributed by atoms with Crippen LogP contribution in [0.4, 0.5) is 0 Å². The van der Waals surface area contributed by atoms with Crippen molar-refractivity contribution in [1.82, 2.24) is 14.6 Å². The summed E-state index contributed by atoms with van der Waals surface area (Å²) in [5.74, 6) is -0.611. The summed E-state index contributed by atoms with van der Waals surface area (Å²) in [6.07, 6.45) is 4.50. The average Bonchev–Trinajstić information content (AvgIpc) is 3.12. The molecule has 0 radical (unpaired) electrons. The van der Waals surface area contributed by atoms with E-state index in [2.05, 4.69) is 34.3 Å². The number of nitrogens with zero attached hydrogens (tertiary/aromatic N) is 4. The van der Waals surface area contributed by atoms with E-state index in [0.717, 1.165) is 21.8 Å². The second kappa shape index (κ2) is 10.1. The van der Waals surface area contributed by atoms with Crippen molar-refractivity contribution in [2.45, 2.75) is 36.6 Å². The molecule has 0 N–H and O–H groups in total. The number of aromatic nitrogens is 2. The van der Waals surface area contributed by atoms with E-state index in [-0.39, 0.29) is 41.7 Å². The number of benzene rings is 2. The smallest absolute Gasteiger partial charge is 0.345 e. The molecule has 0 bridgehead atoms. The molecule has 0 fully saturated rings. The van der Waals surface area contributed by atoms with Crippen molar-refractivity contribution in [3.8, 4) is 5.75 Å². The maximum atomic E-state index is 13.9. The summed E-state index contributed by atoms with van der Waals surface area (Å²) in [5, 5.41) is 2.07. The first-order valence-electron chi connectivity index (χ1n) is 12.7. The predicted octanol–water partition coefficient (Wildman–Crippen LogP) is 4.62. The van der Waals surface area contributed by atoms with Crippen molar-refractivity contribution in [2.24, 2.45) is 0 Å². The molecule has 4 heterocycles. The molecule has 39 heavy (non-hydrogen) atoms. The highest BCUT2D eigenvalue weighted by atomic mass is 32.2. The lowest BCUT2D eigenvalue weighted by atomic mass is 9.94. The van der Waals surface area contributed by atoms with Gasteiger partial charge in [0.15, 0.2) is 5.69 Å². The number of ether oxygens (including phenoxy) is 1. The highest BCUT2D eigenvalue weighted by Gasteiger charge is 2.40. The Morgan fingerprint density at radius 1 is 1.00 bits per heavy atom. The first kappa shape index (κ1) is 24.9. The van der Waals surface area contributed by atoms with Gasteiger partial charge in [0.25, 0.3) is 5.91 Å². The number of fused-ring (bicyclic) bond motifs is 3. The molecule has 1 atom stereocenters. The highest BCUT2D eigenvalue weighted by Crippen LogP contribution is 2.43. The van der Waals surface area contributed by atoms with Gasteiger partial charge in [0.1, 0.15) is 6.67 Å². The zero-order valence-electron chi connectivity index (χ0n) is 21.5. The number of pyridine rings is 2. The Balaban J connectivity index is 1.56. The lowest BCUT2D eigenvalue weighted by molar-refractivity contribution is 0.0610. The maximum Gasteiger partial charge on any atom is 0.345 e. The Hall–Kier alpha value is -4.37. The molecule has 8 nitrogen and oxygen atoms in total. The summed E-state index contributed by atoms with van der Waals surface area (Å²) < 4.78 is 7.32. The Morgan fingerprint density at radius 2 is 1.77 bits per heavy atom. The summed E-state index contributed by atoms with van der Waals surface area (Å²) in [4.78, 5) is 46.8. The van der Waals surface area contributed by atoms with Gasteiger partial charge < -0.3 is 9.64 Å². The van der Waals surface area contributed by atoms with E-state index in [1.165, 1.54) is 17.8 Å². The van der Waals surface area contributed by atoms with Gasteiger partial charge in [-0.3, -0.25) is 24.3 Å². The van der Waals surface area contributed by atoms with E-state index in [1.807, 2.05) is 38.1 Å². The molecular weight excluding hydrogens is 512 g/mol. The van der Waals surface area contributed by atoms with Gasteiger partial charge in [-0.05, 0) is 48.7 Å². The topological polar surface area (TPSA) is 84.7 Å². The molecule has 4 aromatic rings. The number of carbonyl (C=O) groups excluding carboxylic acids is 2. The second-order valence-corrected chi connectivity index (χ2v) is 10.7. The standard InChI is InChI=1S/C30H26N4O4S/c1-19(2)32-18-34(26-22-10-4-3-8-21(22)17-39-25-12-6-5-11-23(25)26)33-15-13-24(35)28(27(33)29(32)36)38-30(37)20-9-7-14-31-16-20/h3-16,19,26H,17-18H2,1-2H3. The number of hydrogen-bond acceptors (Lipinski definition) is 7. The Bertz CT molecular complexity index is 1590. The number of hydrogen-bond donors (Lipinski definition) is 0. The van der Waals surface area contributed by atoms with E-state index in [1.54, 1.807) is 45.9 Å². The first-order chi connectivity index (χ1) is 18.9. The molecule has 2 aliphatic heterocycles. The summed E-state index contributed by atoms with van der Waals surface area (Å²) in [5.41, 5.74) is 3.07. The number of esters is 1. The second-order valence-electron chi connectivity index (χ2n) is 9.71. The quantitative estimate of drug-likeness (QED) is 0.351. The lowest BCUT2D eigenvalue weighted by Gasteiger charge is -2.45. The van der Waals surface area contributed by atoms with Gasteiger partial charge in [-0.15, -0.1) is 11.8 Å². The van der Waals surface area contributed by atoms with Gasteiger partial charge in [-0.25, -0.2) is 4.79 Å². The Kier molecular flexibility index (Phi) is 6.44. The van der Waals surface area contributed by atoms with Crippen LogP contribution in [0.15, 0.2) is 95.0 Å². The molecule has 0 spiro atoms. The third-order valence-electron chi connectivity index (χ3n) is 7.03. The molecule has 2 aliphatic rings. The summed E-state index contributed by atoms with van der Waals surface area (Å²) in [7, 11) is 0. The van der Waals surface area contributed by atoms with Crippen LogP contribution in [0.25, 0.3) is 0 Å². The van der Waals surface area contributed by atoms with E-state index >= 15 is 0 Å². The van der Waals surface area contributed by atoms with Crippen LogP contribution in [0.2, 0.25) is 0 Å². The van der Waals surface area contributed by atoms with Crippen LogP contribution in [-0.2, 0) is 5.75 Å². The maximum absolute atomic E-state index is 13.9. The van der Waals surface area contributed by atoms with Crippen molar-refractivity contribution in [3.63, 3.8) is 0 Å².